The molecule has 1 spiro atoms. The molecule has 33 heavy (non-hydrogen) atoms. The van der Waals surface area contributed by atoms with E-state index in [9.17, 15) is 20.6 Å². The van der Waals surface area contributed by atoms with Crippen molar-refractivity contribution in [3.63, 3.8) is 0 Å². The van der Waals surface area contributed by atoms with Gasteiger partial charge in [0.2, 0.25) is 11.3 Å². The van der Waals surface area contributed by atoms with Crippen LogP contribution >= 0.6 is 0 Å². The number of fused-ring (bicyclic) bond motifs is 4. The maximum absolute atomic E-state index is 13.8. The van der Waals surface area contributed by atoms with Crippen molar-refractivity contribution in [3.8, 4) is 18.2 Å². The molecule has 0 fully saturated rings. The third-order valence-corrected chi connectivity index (χ3v) is 7.12. The number of carbonyl (C=O) groups is 1. The Labute approximate surface area is 191 Å². The second kappa shape index (κ2) is 7.35. The summed E-state index contributed by atoms with van der Waals surface area (Å²) >= 11 is 0. The minimum atomic E-state index is -2.02. The number of nitriles is 3. The zero-order valence-corrected chi connectivity index (χ0v) is 17.7. The molecule has 7 heteroatoms. The quantitative estimate of drug-likeness (QED) is 0.750. The van der Waals surface area contributed by atoms with Gasteiger partial charge in [0.15, 0.2) is 0 Å². The molecule has 0 aromatic heterocycles. The SMILES string of the molecule is N#CC1=C(N)C(C#N)(C#N)[C@@]2(C(=O)Nc3ccccc32)[C@@H]2CN(Cc3ccccc3)CC=C12. The number of amides is 1. The van der Waals surface area contributed by atoms with Crippen molar-refractivity contribution in [3.05, 3.63) is 88.6 Å². The molecule has 160 valence electrons. The molecule has 2 aromatic carbocycles. The highest BCUT2D eigenvalue weighted by Gasteiger charge is 2.71. The van der Waals surface area contributed by atoms with Crippen molar-refractivity contribution in [2.75, 3.05) is 18.4 Å². The molecule has 2 heterocycles. The summed E-state index contributed by atoms with van der Waals surface area (Å²) in [6.45, 7) is 1.59. The van der Waals surface area contributed by atoms with Crippen LogP contribution in [-0.2, 0) is 16.8 Å². The molecule has 3 N–H and O–H groups in total. The highest BCUT2D eigenvalue weighted by atomic mass is 16.2. The van der Waals surface area contributed by atoms with Gasteiger partial charge in [-0.1, -0.05) is 54.6 Å². The number of para-hydroxylation sites is 1. The lowest BCUT2D eigenvalue weighted by atomic mass is 9.48. The van der Waals surface area contributed by atoms with Gasteiger partial charge in [0.05, 0.1) is 23.4 Å². The maximum atomic E-state index is 13.8. The monoisotopic (exact) mass is 432 g/mol. The first kappa shape index (κ1) is 20.5. The summed E-state index contributed by atoms with van der Waals surface area (Å²) in [6, 6.07) is 23.3. The maximum Gasteiger partial charge on any atom is 0.238 e. The summed E-state index contributed by atoms with van der Waals surface area (Å²) in [5.74, 6) is -1.04. The fraction of sp³-hybridized carbons (Fsp3) is 0.231. The summed E-state index contributed by atoms with van der Waals surface area (Å²) in [6.07, 6.45) is 1.91. The van der Waals surface area contributed by atoms with Crippen molar-refractivity contribution in [1.29, 1.82) is 15.8 Å². The first-order valence-corrected chi connectivity index (χ1v) is 10.6. The summed E-state index contributed by atoms with van der Waals surface area (Å²) in [5, 5.41) is 33.6. The molecular formula is C26H20N6O. The van der Waals surface area contributed by atoms with E-state index in [1.807, 2.05) is 36.4 Å². The Hall–Kier alpha value is -4.38. The molecule has 2 aliphatic heterocycles. The van der Waals surface area contributed by atoms with Gasteiger partial charge in [0, 0.05) is 31.2 Å². The predicted octanol–water partition coefficient (Wildman–Crippen LogP) is 2.72. The number of benzene rings is 2. The molecular weight excluding hydrogens is 412 g/mol. The largest absolute Gasteiger partial charge is 0.399 e. The summed E-state index contributed by atoms with van der Waals surface area (Å²) in [5.41, 5.74) is 5.66. The van der Waals surface area contributed by atoms with Crippen LogP contribution in [0.15, 0.2) is 77.5 Å². The Bertz CT molecular complexity index is 1340. The van der Waals surface area contributed by atoms with Gasteiger partial charge >= 0.3 is 0 Å². The van der Waals surface area contributed by atoms with E-state index < -0.39 is 22.7 Å². The number of nitrogens with two attached hydrogens (primary N) is 1. The van der Waals surface area contributed by atoms with Crippen LogP contribution < -0.4 is 11.1 Å². The number of carbonyl (C=O) groups excluding carboxylic acids is 1. The fourth-order valence-electron chi connectivity index (χ4n) is 5.68. The first-order valence-electron chi connectivity index (χ1n) is 10.6. The number of hydrogen-bond acceptors (Lipinski definition) is 6. The average Bonchev–Trinajstić information content (AvgIpc) is 3.14. The van der Waals surface area contributed by atoms with Crippen LogP contribution in [-0.4, -0.2) is 23.9 Å². The predicted molar refractivity (Wildman–Crippen MR) is 121 cm³/mol. The van der Waals surface area contributed by atoms with Gasteiger partial charge in [-0.25, -0.2) is 0 Å². The topological polar surface area (TPSA) is 130 Å². The molecule has 5 rings (SSSR count). The summed E-state index contributed by atoms with van der Waals surface area (Å²) < 4.78 is 0. The second-order valence-electron chi connectivity index (χ2n) is 8.57. The van der Waals surface area contributed by atoms with Crippen LogP contribution in [0.1, 0.15) is 11.1 Å². The van der Waals surface area contributed by atoms with Gasteiger partial charge in [0.25, 0.3) is 0 Å². The number of allylic oxidation sites excluding steroid dienone is 2. The average molecular weight is 432 g/mol. The standard InChI is InChI=1S/C26H20N6O/c27-12-19-18-10-11-32(13-17-6-2-1-3-7-17)14-21(18)26(25(15-28,16-29)23(19)30)20-8-4-5-9-22(20)31-24(26)33/h1-10,21H,11,13-14,30H2,(H,31,33)/t21-,26-/m1/s1. The number of nitrogens with one attached hydrogen (secondary N) is 1. The highest BCUT2D eigenvalue weighted by molar-refractivity contribution is 6.09. The Morgan fingerprint density at radius 2 is 1.76 bits per heavy atom. The molecule has 0 radical (unpaired) electrons. The van der Waals surface area contributed by atoms with E-state index in [1.54, 1.807) is 24.3 Å². The smallest absolute Gasteiger partial charge is 0.238 e. The zero-order valence-electron chi connectivity index (χ0n) is 17.7. The van der Waals surface area contributed by atoms with E-state index in [0.717, 1.165) is 5.56 Å². The molecule has 0 unspecified atom stereocenters. The number of hydrogen-bond donors (Lipinski definition) is 2. The normalized spacial score (nSPS) is 25.2. The molecule has 7 nitrogen and oxygen atoms in total. The van der Waals surface area contributed by atoms with Crippen LogP contribution in [0.2, 0.25) is 0 Å². The van der Waals surface area contributed by atoms with E-state index in [4.69, 9.17) is 5.73 Å². The van der Waals surface area contributed by atoms with Gasteiger partial charge in [-0.3, -0.25) is 9.69 Å². The highest BCUT2D eigenvalue weighted by Crippen LogP contribution is 2.62. The van der Waals surface area contributed by atoms with Crippen molar-refractivity contribution >= 4 is 11.6 Å². The Kier molecular flexibility index (Phi) is 4.57. The van der Waals surface area contributed by atoms with E-state index in [1.165, 1.54) is 0 Å². The summed E-state index contributed by atoms with van der Waals surface area (Å²) in [4.78, 5) is 15.9. The first-order chi connectivity index (χ1) is 16.0. The molecule has 0 saturated carbocycles. The Morgan fingerprint density at radius 3 is 2.45 bits per heavy atom. The lowest BCUT2D eigenvalue weighted by molar-refractivity contribution is -0.125. The van der Waals surface area contributed by atoms with Gasteiger partial charge < -0.3 is 11.1 Å². The second-order valence-corrected chi connectivity index (χ2v) is 8.57. The van der Waals surface area contributed by atoms with E-state index >= 15 is 0 Å². The van der Waals surface area contributed by atoms with Crippen molar-refractivity contribution in [2.45, 2.75) is 12.0 Å². The third-order valence-electron chi connectivity index (χ3n) is 7.12. The van der Waals surface area contributed by atoms with Crippen molar-refractivity contribution < 1.29 is 4.79 Å². The van der Waals surface area contributed by atoms with Crippen LogP contribution in [0.5, 0.6) is 0 Å². The minimum Gasteiger partial charge on any atom is -0.399 e. The molecule has 3 aliphatic rings. The molecule has 1 amide bonds. The Balaban J connectivity index is 1.76. The van der Waals surface area contributed by atoms with Crippen molar-refractivity contribution in [1.82, 2.24) is 4.90 Å². The van der Waals surface area contributed by atoms with Crippen LogP contribution in [0, 0.1) is 45.3 Å². The van der Waals surface area contributed by atoms with Crippen molar-refractivity contribution in [2.24, 2.45) is 17.1 Å². The molecule has 2 aromatic rings. The lowest BCUT2D eigenvalue weighted by Crippen LogP contribution is -2.62. The molecule has 1 aliphatic carbocycles. The fourth-order valence-corrected chi connectivity index (χ4v) is 5.68. The van der Waals surface area contributed by atoms with Crippen LogP contribution in [0.25, 0.3) is 0 Å². The van der Waals surface area contributed by atoms with Gasteiger partial charge in [-0.05, 0) is 22.8 Å². The molecule has 0 saturated heterocycles. The number of nitrogens with zero attached hydrogens (tertiary/aromatic N) is 4. The third kappa shape index (κ3) is 2.53. The number of anilines is 1. The lowest BCUT2D eigenvalue weighted by Gasteiger charge is -2.51. The van der Waals surface area contributed by atoms with Gasteiger partial charge in [-0.2, -0.15) is 15.8 Å². The van der Waals surface area contributed by atoms with E-state index in [2.05, 4.69) is 28.4 Å². The van der Waals surface area contributed by atoms with Crippen LogP contribution in [0.4, 0.5) is 5.69 Å². The van der Waals surface area contributed by atoms with E-state index in [-0.39, 0.29) is 11.3 Å². The van der Waals surface area contributed by atoms with Gasteiger partial charge in [-0.15, -0.1) is 0 Å². The van der Waals surface area contributed by atoms with Gasteiger partial charge in [0.1, 0.15) is 11.5 Å². The Morgan fingerprint density at radius 1 is 1.06 bits per heavy atom. The van der Waals surface area contributed by atoms with E-state index in [0.29, 0.717) is 36.5 Å². The van der Waals surface area contributed by atoms with Crippen LogP contribution in [0.3, 0.4) is 0 Å². The zero-order chi connectivity index (χ0) is 23.2. The molecule has 2 atom stereocenters. The minimum absolute atomic E-state index is 0.130. The molecule has 0 bridgehead atoms. The summed E-state index contributed by atoms with van der Waals surface area (Å²) in [7, 11) is 0. The number of rotatable bonds is 2.